The molecule has 11 aromatic carbocycles. The normalized spacial score (nSPS) is 11.8. The van der Waals surface area contributed by atoms with Crippen molar-refractivity contribution >= 4 is 49.4 Å². The molecule has 0 fully saturated rings. The maximum Gasteiger partial charge on any atom is 0.143 e. The van der Waals surface area contributed by atoms with Gasteiger partial charge in [-0.2, -0.15) is 0 Å². The van der Waals surface area contributed by atoms with Crippen LogP contribution < -0.4 is 9.64 Å². The summed E-state index contributed by atoms with van der Waals surface area (Å²) in [6.45, 7) is 0. The fraction of sp³-hybridized carbons (Fsp3) is 0.0164. The van der Waals surface area contributed by atoms with Gasteiger partial charge in [-0.25, -0.2) is 0 Å². The molecule has 0 radical (unpaired) electrons. The number of anilines is 3. The van der Waals surface area contributed by atoms with Gasteiger partial charge in [0.2, 0.25) is 0 Å². The lowest BCUT2D eigenvalue weighted by molar-refractivity contribution is 0.489. The summed E-state index contributed by atoms with van der Waals surface area (Å²) < 4.78 is 7.12. The van der Waals surface area contributed by atoms with Crippen molar-refractivity contribution in [2.75, 3.05) is 4.90 Å². The number of hydrogen-bond acceptors (Lipinski definition) is 2. The molecule has 0 unspecified atom stereocenters. The number of rotatable bonds is 8. The maximum absolute atomic E-state index is 7.12. The first kappa shape index (κ1) is 36.6. The van der Waals surface area contributed by atoms with Crippen LogP contribution in [-0.2, 0) is 0 Å². The molecular formula is C61H41NO. The van der Waals surface area contributed by atoms with Gasteiger partial charge in [0, 0.05) is 39.2 Å². The number of benzene rings is 11. The van der Waals surface area contributed by atoms with Gasteiger partial charge in [0.1, 0.15) is 11.5 Å². The Morgan fingerprint density at radius 3 is 1.40 bits per heavy atom. The Kier molecular flexibility index (Phi) is 8.93. The second kappa shape index (κ2) is 15.4. The van der Waals surface area contributed by atoms with Crippen molar-refractivity contribution in [3.63, 3.8) is 0 Å². The summed E-state index contributed by atoms with van der Waals surface area (Å²) in [4.78, 5) is 2.35. The van der Waals surface area contributed by atoms with Crippen LogP contribution in [0, 0.1) is 0 Å². The summed E-state index contributed by atoms with van der Waals surface area (Å²) in [5.41, 5.74) is 14.1. The molecule has 1 heterocycles. The minimum atomic E-state index is 0.0888. The summed E-state index contributed by atoms with van der Waals surface area (Å²) in [5.74, 6) is 1.85. The Balaban J connectivity index is 0.993. The van der Waals surface area contributed by atoms with Crippen LogP contribution >= 0.6 is 0 Å². The van der Waals surface area contributed by atoms with Gasteiger partial charge in [-0.3, -0.25) is 0 Å². The highest BCUT2D eigenvalue weighted by molar-refractivity contribution is 6.15. The Hall–Kier alpha value is -8.20. The lowest BCUT2D eigenvalue weighted by atomic mass is 9.81. The Bertz CT molecular complexity index is 3390. The van der Waals surface area contributed by atoms with Crippen LogP contribution in [0.4, 0.5) is 17.1 Å². The Morgan fingerprint density at radius 2 is 0.746 bits per heavy atom. The van der Waals surface area contributed by atoms with Gasteiger partial charge in [0.25, 0.3) is 0 Å². The largest absolute Gasteiger partial charge is 0.455 e. The zero-order chi connectivity index (χ0) is 41.7. The van der Waals surface area contributed by atoms with E-state index in [1.807, 2.05) is 0 Å². The van der Waals surface area contributed by atoms with Gasteiger partial charge in [-0.15, -0.1) is 0 Å². The van der Waals surface area contributed by atoms with Crippen molar-refractivity contribution in [2.24, 2.45) is 0 Å². The summed E-state index contributed by atoms with van der Waals surface area (Å²) in [7, 11) is 0. The SMILES string of the molecule is c1ccc(C(c2ccccc2)c2ccc(-c3cccc4c3Oc3ccc(-c5ccc(N(c6ccccc6)c6ccccc6)c6ccccc56)c5cccc-4c35)c3ccccc23)cc1. The third-order valence-electron chi connectivity index (χ3n) is 12.8. The second-order valence-corrected chi connectivity index (χ2v) is 16.3. The van der Waals surface area contributed by atoms with E-state index in [0.29, 0.717) is 0 Å². The molecule has 0 saturated heterocycles. The van der Waals surface area contributed by atoms with Crippen molar-refractivity contribution < 1.29 is 4.74 Å². The molecule has 296 valence electrons. The van der Waals surface area contributed by atoms with Gasteiger partial charge in [-0.05, 0) is 96.9 Å². The minimum Gasteiger partial charge on any atom is -0.455 e. The predicted octanol–water partition coefficient (Wildman–Crippen LogP) is 16.9. The summed E-state index contributed by atoms with van der Waals surface area (Å²) in [6, 6.07) is 87.6. The average molecular weight is 804 g/mol. The summed E-state index contributed by atoms with van der Waals surface area (Å²) >= 11 is 0. The van der Waals surface area contributed by atoms with Gasteiger partial charge in [0.15, 0.2) is 0 Å². The maximum atomic E-state index is 7.12. The van der Waals surface area contributed by atoms with E-state index >= 15 is 0 Å². The molecule has 11 aromatic rings. The lowest BCUT2D eigenvalue weighted by Gasteiger charge is -2.28. The van der Waals surface area contributed by atoms with Crippen molar-refractivity contribution in [3.8, 4) is 44.9 Å². The number of hydrogen-bond donors (Lipinski definition) is 0. The van der Waals surface area contributed by atoms with Gasteiger partial charge in [0.05, 0.1) is 5.69 Å². The molecule has 0 saturated carbocycles. The monoisotopic (exact) mass is 803 g/mol. The highest BCUT2D eigenvalue weighted by Crippen LogP contribution is 2.53. The average Bonchev–Trinajstić information content (AvgIpc) is 3.36. The fourth-order valence-electron chi connectivity index (χ4n) is 10.0. The molecule has 2 heteroatoms. The molecule has 0 aliphatic carbocycles. The van der Waals surface area contributed by atoms with Crippen LogP contribution in [0.1, 0.15) is 22.6 Å². The second-order valence-electron chi connectivity index (χ2n) is 16.3. The lowest BCUT2D eigenvalue weighted by Crippen LogP contribution is -2.10. The summed E-state index contributed by atoms with van der Waals surface area (Å²) in [5, 5.41) is 7.13. The van der Waals surface area contributed by atoms with E-state index in [-0.39, 0.29) is 5.92 Å². The van der Waals surface area contributed by atoms with Crippen LogP contribution in [-0.4, -0.2) is 0 Å². The Morgan fingerprint density at radius 1 is 0.302 bits per heavy atom. The number of ether oxygens (including phenoxy) is 1. The standard InChI is InChI=1S/C61H41NO/c1-5-19-41(20-6-1)59(42-21-7-2-8-22-42)54-36-35-50(45-27-13-14-29-47(45)54)55-33-18-34-56-53-32-17-31-52-49(38-40-58(60(52)53)63-61(55)56)48-37-39-57(51-30-16-15-28-46(48)51)62(43-23-9-3-10-24-43)44-25-11-4-12-26-44/h1-40,59H. The molecule has 0 aromatic heterocycles. The highest BCUT2D eigenvalue weighted by Gasteiger charge is 2.27. The van der Waals surface area contributed by atoms with Crippen LogP contribution in [0.5, 0.6) is 11.5 Å². The Labute approximate surface area is 367 Å². The molecule has 0 atom stereocenters. The molecule has 0 amide bonds. The number of nitrogens with zero attached hydrogens (tertiary/aromatic N) is 1. The van der Waals surface area contributed by atoms with Crippen molar-refractivity contribution in [1.82, 2.24) is 0 Å². The van der Waals surface area contributed by atoms with Crippen LogP contribution in [0.3, 0.4) is 0 Å². The predicted molar refractivity (Wildman–Crippen MR) is 264 cm³/mol. The van der Waals surface area contributed by atoms with E-state index in [0.717, 1.165) is 50.6 Å². The number of para-hydroxylation sites is 3. The third kappa shape index (κ3) is 6.18. The molecule has 0 N–H and O–H groups in total. The van der Waals surface area contributed by atoms with Crippen molar-refractivity contribution in [2.45, 2.75) is 5.92 Å². The van der Waals surface area contributed by atoms with Crippen LogP contribution in [0.15, 0.2) is 243 Å². The van der Waals surface area contributed by atoms with Crippen LogP contribution in [0.25, 0.3) is 65.7 Å². The quantitative estimate of drug-likeness (QED) is 0.142. The fourth-order valence-corrected chi connectivity index (χ4v) is 10.0. The zero-order valence-corrected chi connectivity index (χ0v) is 34.5. The topological polar surface area (TPSA) is 12.5 Å². The molecule has 1 aliphatic rings. The van der Waals surface area contributed by atoms with E-state index in [9.17, 15) is 0 Å². The van der Waals surface area contributed by atoms with Crippen LogP contribution in [0.2, 0.25) is 0 Å². The smallest absolute Gasteiger partial charge is 0.143 e. The van der Waals surface area contributed by atoms with E-state index < -0.39 is 0 Å². The minimum absolute atomic E-state index is 0.0888. The van der Waals surface area contributed by atoms with E-state index in [4.69, 9.17) is 4.74 Å². The molecule has 1 aliphatic heterocycles. The molecular weight excluding hydrogens is 763 g/mol. The van der Waals surface area contributed by atoms with Gasteiger partial charge in [-0.1, -0.05) is 206 Å². The molecule has 12 rings (SSSR count). The highest BCUT2D eigenvalue weighted by atomic mass is 16.5. The number of fused-ring (bicyclic) bond motifs is 4. The zero-order valence-electron chi connectivity index (χ0n) is 34.5. The van der Waals surface area contributed by atoms with E-state index in [1.54, 1.807) is 0 Å². The first-order valence-electron chi connectivity index (χ1n) is 21.7. The third-order valence-corrected chi connectivity index (χ3v) is 12.8. The van der Waals surface area contributed by atoms with Gasteiger partial charge < -0.3 is 9.64 Å². The first-order chi connectivity index (χ1) is 31.3. The van der Waals surface area contributed by atoms with Gasteiger partial charge >= 0.3 is 0 Å². The molecule has 2 nitrogen and oxygen atoms in total. The van der Waals surface area contributed by atoms with E-state index in [2.05, 4.69) is 248 Å². The summed E-state index contributed by atoms with van der Waals surface area (Å²) in [6.07, 6.45) is 0. The molecule has 0 bridgehead atoms. The van der Waals surface area contributed by atoms with Crippen molar-refractivity contribution in [3.05, 3.63) is 259 Å². The molecule has 63 heavy (non-hydrogen) atoms. The van der Waals surface area contributed by atoms with E-state index in [1.165, 1.54) is 60.3 Å². The first-order valence-corrected chi connectivity index (χ1v) is 21.7. The van der Waals surface area contributed by atoms with Crippen molar-refractivity contribution in [1.29, 1.82) is 0 Å². The molecule has 0 spiro atoms.